The van der Waals surface area contributed by atoms with Gasteiger partial charge in [0.2, 0.25) is 0 Å². The van der Waals surface area contributed by atoms with Gasteiger partial charge in [0.1, 0.15) is 5.82 Å². The van der Waals surface area contributed by atoms with Crippen molar-refractivity contribution in [1.82, 2.24) is 0 Å². The molecule has 3 aromatic rings. The summed E-state index contributed by atoms with van der Waals surface area (Å²) in [6.45, 7) is 5.68. The van der Waals surface area contributed by atoms with Crippen LogP contribution in [0.2, 0.25) is 0 Å². The molecule has 0 saturated carbocycles. The topological polar surface area (TPSA) is 17.1 Å². The summed E-state index contributed by atoms with van der Waals surface area (Å²) in [5.41, 5.74) is 7.85. The van der Waals surface area contributed by atoms with Crippen molar-refractivity contribution in [1.29, 1.82) is 0 Å². The Morgan fingerprint density at radius 2 is 1.71 bits per heavy atom. The third-order valence-electron chi connectivity index (χ3n) is 6.77. The molecule has 0 bridgehead atoms. The lowest BCUT2D eigenvalue weighted by atomic mass is 9.81. The Hall–Kier alpha value is -2.74. The standard InChI is InChI=1S/C29H31FO/c1-4-5-21-9-12-26-18-25(14-13-24(26)16-21)23-10-7-22(8-11-23)17-28(31)27-15-6-19(2)29(30)20(27)3/h6-8,10-11,13-15,18,21H,4-5,9,12,16-17H2,1-3H3. The van der Waals surface area contributed by atoms with Crippen LogP contribution in [0.15, 0.2) is 54.6 Å². The summed E-state index contributed by atoms with van der Waals surface area (Å²) in [5, 5.41) is 0. The molecule has 0 N–H and O–H groups in total. The van der Waals surface area contributed by atoms with Gasteiger partial charge in [-0.25, -0.2) is 4.39 Å². The first kappa shape index (κ1) is 21.5. The van der Waals surface area contributed by atoms with Crippen LogP contribution in [0.5, 0.6) is 0 Å². The van der Waals surface area contributed by atoms with E-state index < -0.39 is 0 Å². The minimum absolute atomic E-state index is 0.0421. The number of carbonyl (C=O) groups excluding carboxylic acids is 1. The highest BCUT2D eigenvalue weighted by Crippen LogP contribution is 2.32. The van der Waals surface area contributed by atoms with Crippen LogP contribution in [-0.4, -0.2) is 5.78 Å². The molecular formula is C29H31FO. The fraction of sp³-hybridized carbons (Fsp3) is 0.345. The number of ketones is 1. The summed E-state index contributed by atoms with van der Waals surface area (Å²) < 4.78 is 14.2. The van der Waals surface area contributed by atoms with Gasteiger partial charge >= 0.3 is 0 Å². The average molecular weight is 415 g/mol. The Morgan fingerprint density at radius 1 is 0.968 bits per heavy atom. The minimum atomic E-state index is -0.283. The van der Waals surface area contributed by atoms with E-state index in [2.05, 4.69) is 37.3 Å². The molecule has 0 amide bonds. The van der Waals surface area contributed by atoms with Gasteiger partial charge < -0.3 is 0 Å². The van der Waals surface area contributed by atoms with Gasteiger partial charge in [-0.3, -0.25) is 4.79 Å². The lowest BCUT2D eigenvalue weighted by molar-refractivity contribution is 0.0992. The van der Waals surface area contributed by atoms with Crippen molar-refractivity contribution in [3.8, 4) is 11.1 Å². The molecule has 1 nitrogen and oxygen atoms in total. The molecule has 1 aliphatic carbocycles. The maximum Gasteiger partial charge on any atom is 0.167 e. The van der Waals surface area contributed by atoms with Crippen LogP contribution in [0.1, 0.15) is 64.4 Å². The lowest BCUT2D eigenvalue weighted by Crippen LogP contribution is -2.14. The van der Waals surface area contributed by atoms with Crippen molar-refractivity contribution in [2.75, 3.05) is 0 Å². The van der Waals surface area contributed by atoms with Crippen molar-refractivity contribution in [2.45, 2.75) is 59.3 Å². The maximum atomic E-state index is 14.2. The van der Waals surface area contributed by atoms with E-state index in [4.69, 9.17) is 0 Å². The highest BCUT2D eigenvalue weighted by atomic mass is 19.1. The van der Waals surface area contributed by atoms with E-state index in [0.29, 0.717) is 16.7 Å². The fourth-order valence-electron chi connectivity index (χ4n) is 4.88. The van der Waals surface area contributed by atoms with E-state index in [0.717, 1.165) is 11.5 Å². The summed E-state index contributed by atoms with van der Waals surface area (Å²) in [5.74, 6) is 0.514. The summed E-state index contributed by atoms with van der Waals surface area (Å²) in [6, 6.07) is 18.5. The highest BCUT2D eigenvalue weighted by Gasteiger charge is 2.18. The van der Waals surface area contributed by atoms with Gasteiger partial charge in [-0.2, -0.15) is 0 Å². The molecule has 0 radical (unpaired) electrons. The molecule has 1 atom stereocenters. The summed E-state index contributed by atoms with van der Waals surface area (Å²) >= 11 is 0. The first-order valence-electron chi connectivity index (χ1n) is 11.5. The molecule has 31 heavy (non-hydrogen) atoms. The largest absolute Gasteiger partial charge is 0.294 e. The second kappa shape index (κ2) is 9.18. The van der Waals surface area contributed by atoms with E-state index in [-0.39, 0.29) is 18.0 Å². The first-order valence-corrected chi connectivity index (χ1v) is 11.5. The minimum Gasteiger partial charge on any atom is -0.294 e. The molecule has 1 aliphatic rings. The van der Waals surface area contributed by atoms with Crippen LogP contribution >= 0.6 is 0 Å². The van der Waals surface area contributed by atoms with Crippen molar-refractivity contribution < 1.29 is 9.18 Å². The van der Waals surface area contributed by atoms with Gasteiger partial charge in [0.05, 0.1) is 0 Å². The van der Waals surface area contributed by atoms with Gasteiger partial charge in [-0.05, 0) is 78.0 Å². The van der Waals surface area contributed by atoms with Crippen LogP contribution in [0.3, 0.4) is 0 Å². The normalized spacial score (nSPS) is 15.5. The lowest BCUT2D eigenvalue weighted by Gasteiger charge is -2.25. The third kappa shape index (κ3) is 4.63. The quantitative estimate of drug-likeness (QED) is 0.383. The molecule has 1 unspecified atom stereocenters. The van der Waals surface area contributed by atoms with E-state index in [1.807, 2.05) is 12.1 Å². The smallest absolute Gasteiger partial charge is 0.167 e. The van der Waals surface area contributed by atoms with Crippen molar-refractivity contribution >= 4 is 5.78 Å². The van der Waals surface area contributed by atoms with E-state index >= 15 is 0 Å². The zero-order valence-electron chi connectivity index (χ0n) is 18.8. The van der Waals surface area contributed by atoms with Crippen LogP contribution in [0.25, 0.3) is 11.1 Å². The molecule has 4 rings (SSSR count). The van der Waals surface area contributed by atoms with Gasteiger partial charge in [0.15, 0.2) is 5.78 Å². The number of hydrogen-bond donors (Lipinski definition) is 0. The number of carbonyl (C=O) groups is 1. The molecule has 0 fully saturated rings. The van der Waals surface area contributed by atoms with Crippen molar-refractivity contribution in [3.05, 3.63) is 93.8 Å². The van der Waals surface area contributed by atoms with Crippen molar-refractivity contribution in [3.63, 3.8) is 0 Å². The molecule has 0 spiro atoms. The summed E-state index contributed by atoms with van der Waals surface area (Å²) in [6.07, 6.45) is 6.56. The van der Waals surface area contributed by atoms with Crippen LogP contribution in [0, 0.1) is 25.6 Å². The zero-order valence-corrected chi connectivity index (χ0v) is 18.8. The van der Waals surface area contributed by atoms with E-state index in [9.17, 15) is 9.18 Å². The number of rotatable bonds is 6. The number of aryl methyl sites for hydroxylation is 2. The SMILES string of the molecule is CCCC1CCc2cc(-c3ccc(CC(=O)c4ccc(C)c(F)c4C)cc3)ccc2C1. The zero-order chi connectivity index (χ0) is 22.0. The highest BCUT2D eigenvalue weighted by molar-refractivity contribution is 5.99. The summed E-state index contributed by atoms with van der Waals surface area (Å²) in [7, 11) is 0. The molecule has 2 heteroatoms. The van der Waals surface area contributed by atoms with E-state index in [1.54, 1.807) is 26.0 Å². The number of halogens is 1. The van der Waals surface area contributed by atoms with Crippen molar-refractivity contribution in [2.24, 2.45) is 5.92 Å². The monoisotopic (exact) mass is 414 g/mol. The number of Topliss-reactive ketones (excluding diaryl/α,β-unsaturated/α-hetero) is 1. The Bertz CT molecular complexity index is 1090. The third-order valence-corrected chi connectivity index (χ3v) is 6.77. The Labute approximate surface area is 185 Å². The van der Waals surface area contributed by atoms with Crippen LogP contribution < -0.4 is 0 Å². The molecule has 160 valence electrons. The Morgan fingerprint density at radius 3 is 2.45 bits per heavy atom. The average Bonchev–Trinajstić information content (AvgIpc) is 2.78. The van der Waals surface area contributed by atoms with Crippen LogP contribution in [0.4, 0.5) is 4.39 Å². The van der Waals surface area contributed by atoms with E-state index in [1.165, 1.54) is 54.4 Å². The second-order valence-electron chi connectivity index (χ2n) is 9.05. The Balaban J connectivity index is 1.48. The molecule has 0 aliphatic heterocycles. The maximum absolute atomic E-state index is 14.2. The predicted molar refractivity (Wildman–Crippen MR) is 126 cm³/mol. The molecule has 0 heterocycles. The molecule has 0 aromatic heterocycles. The fourth-order valence-corrected chi connectivity index (χ4v) is 4.88. The summed E-state index contributed by atoms with van der Waals surface area (Å²) in [4.78, 5) is 12.7. The molecule has 0 saturated heterocycles. The second-order valence-corrected chi connectivity index (χ2v) is 9.05. The first-order chi connectivity index (χ1) is 15.0. The van der Waals surface area contributed by atoms with Gasteiger partial charge in [0, 0.05) is 12.0 Å². The molecular weight excluding hydrogens is 383 g/mol. The molecule has 3 aromatic carbocycles. The van der Waals surface area contributed by atoms with Gasteiger partial charge in [-0.1, -0.05) is 74.4 Å². The van der Waals surface area contributed by atoms with Gasteiger partial charge in [-0.15, -0.1) is 0 Å². The number of benzene rings is 3. The van der Waals surface area contributed by atoms with Crippen LogP contribution in [-0.2, 0) is 19.3 Å². The number of hydrogen-bond acceptors (Lipinski definition) is 1. The number of fused-ring (bicyclic) bond motifs is 1. The Kier molecular flexibility index (Phi) is 6.36. The van der Waals surface area contributed by atoms with Gasteiger partial charge in [0.25, 0.3) is 0 Å². The predicted octanol–water partition coefficient (Wildman–Crippen LogP) is 7.44.